The number of ether oxygens (including phenoxy) is 1. The molecular formula is C25H30F2N6O. The van der Waals surface area contributed by atoms with Crippen LogP contribution in [0.1, 0.15) is 44.2 Å². The summed E-state index contributed by atoms with van der Waals surface area (Å²) in [5, 5.41) is 0. The fraction of sp³-hybridized carbons (Fsp3) is 0.480. The number of rotatable bonds is 5. The highest BCUT2D eigenvalue weighted by molar-refractivity contribution is 5.72. The first-order valence-electron chi connectivity index (χ1n) is 11.8. The van der Waals surface area contributed by atoms with Gasteiger partial charge in [0.2, 0.25) is 0 Å². The molecule has 0 unspecified atom stereocenters. The highest BCUT2D eigenvalue weighted by atomic mass is 19.1. The summed E-state index contributed by atoms with van der Waals surface area (Å²) >= 11 is 0. The predicted octanol–water partition coefficient (Wildman–Crippen LogP) is 4.08. The molecule has 0 radical (unpaired) electrons. The van der Waals surface area contributed by atoms with Gasteiger partial charge in [-0.15, -0.1) is 0 Å². The van der Waals surface area contributed by atoms with E-state index >= 15 is 0 Å². The highest BCUT2D eigenvalue weighted by Gasteiger charge is 2.26. The lowest BCUT2D eigenvalue weighted by molar-refractivity contribution is 0.221. The number of nitrogens with zero attached hydrogens (tertiary/aromatic N) is 6. The molecule has 0 saturated carbocycles. The van der Waals surface area contributed by atoms with Crippen LogP contribution in [0.15, 0.2) is 30.9 Å². The first kappa shape index (κ1) is 22.7. The molecule has 1 fully saturated rings. The lowest BCUT2D eigenvalue weighted by atomic mass is 10.1. The second-order valence-corrected chi connectivity index (χ2v) is 9.45. The summed E-state index contributed by atoms with van der Waals surface area (Å²) in [5.74, 6) is -0.458. The molecule has 0 spiro atoms. The molecule has 1 aromatic carbocycles. The Morgan fingerprint density at radius 1 is 1.09 bits per heavy atom. The van der Waals surface area contributed by atoms with Crippen LogP contribution in [0, 0.1) is 11.6 Å². The minimum absolute atomic E-state index is 0.0794. The quantitative estimate of drug-likeness (QED) is 0.562. The molecular weight excluding hydrogens is 438 g/mol. The van der Waals surface area contributed by atoms with Crippen molar-refractivity contribution in [3.05, 3.63) is 54.0 Å². The van der Waals surface area contributed by atoms with Crippen LogP contribution in [-0.2, 0) is 6.42 Å². The normalized spacial score (nSPS) is 17.2. The van der Waals surface area contributed by atoms with Gasteiger partial charge in [0.15, 0.2) is 17.4 Å². The number of imidazole rings is 1. The largest absolute Gasteiger partial charge is 0.486 e. The molecule has 0 N–H and O–H groups in total. The molecule has 1 saturated heterocycles. The van der Waals surface area contributed by atoms with Gasteiger partial charge in [-0.2, -0.15) is 0 Å². The molecule has 4 heterocycles. The van der Waals surface area contributed by atoms with Gasteiger partial charge < -0.3 is 19.1 Å². The molecule has 0 bridgehead atoms. The molecule has 180 valence electrons. The third kappa shape index (κ3) is 4.49. The number of likely N-dealkylation sites (tertiary alicyclic amines) is 1. The summed E-state index contributed by atoms with van der Waals surface area (Å²) in [4.78, 5) is 17.5. The Morgan fingerprint density at radius 3 is 2.65 bits per heavy atom. The van der Waals surface area contributed by atoms with Crippen LogP contribution in [0.4, 0.5) is 14.5 Å². The lowest BCUT2D eigenvalue weighted by Crippen LogP contribution is -2.38. The molecule has 0 aliphatic carbocycles. The summed E-state index contributed by atoms with van der Waals surface area (Å²) in [6, 6.07) is 3.63. The van der Waals surface area contributed by atoms with Gasteiger partial charge in [0, 0.05) is 23.8 Å². The highest BCUT2D eigenvalue weighted by Crippen LogP contribution is 2.39. The Morgan fingerprint density at radius 2 is 1.88 bits per heavy atom. The molecule has 0 atom stereocenters. The number of hydrogen-bond acceptors (Lipinski definition) is 6. The standard InChI is InChI=1S/C25H30F2N6O/c1-16(2)33-8-9-34-25-20(26)10-17(11-22(25)33)24-21(27)13-28-23(30-24)12-18-14-32(15-29-18)19-4-6-31(3)7-5-19/h10-11,13-16,19H,4-9,12H2,1-3H3. The molecule has 2 aromatic heterocycles. The maximum Gasteiger partial charge on any atom is 0.178 e. The summed E-state index contributed by atoms with van der Waals surface area (Å²) in [7, 11) is 2.14. The van der Waals surface area contributed by atoms with E-state index in [0.29, 0.717) is 42.7 Å². The van der Waals surface area contributed by atoms with E-state index in [4.69, 9.17) is 4.74 Å². The van der Waals surface area contributed by atoms with E-state index in [2.05, 4.69) is 36.4 Å². The number of piperidine rings is 1. The van der Waals surface area contributed by atoms with Crippen molar-refractivity contribution in [2.75, 3.05) is 38.2 Å². The van der Waals surface area contributed by atoms with Gasteiger partial charge in [0.25, 0.3) is 0 Å². The molecule has 9 heteroatoms. The Kier molecular flexibility index (Phi) is 6.20. The van der Waals surface area contributed by atoms with Gasteiger partial charge in [-0.25, -0.2) is 23.7 Å². The fourth-order valence-corrected chi connectivity index (χ4v) is 4.79. The monoisotopic (exact) mass is 468 g/mol. The first-order valence-corrected chi connectivity index (χ1v) is 11.8. The van der Waals surface area contributed by atoms with Gasteiger partial charge in [-0.1, -0.05) is 0 Å². The zero-order valence-corrected chi connectivity index (χ0v) is 19.8. The van der Waals surface area contributed by atoms with E-state index in [0.717, 1.165) is 37.8 Å². The molecule has 34 heavy (non-hydrogen) atoms. The minimum atomic E-state index is -0.590. The van der Waals surface area contributed by atoms with Crippen molar-refractivity contribution in [3.8, 4) is 17.0 Å². The summed E-state index contributed by atoms with van der Waals surface area (Å²) in [6.45, 7) is 7.27. The van der Waals surface area contributed by atoms with Crippen LogP contribution < -0.4 is 9.64 Å². The van der Waals surface area contributed by atoms with Crippen molar-refractivity contribution in [1.82, 2.24) is 24.4 Å². The Hall–Kier alpha value is -3.07. The van der Waals surface area contributed by atoms with Crippen LogP contribution in [0.25, 0.3) is 11.3 Å². The van der Waals surface area contributed by atoms with Crippen LogP contribution >= 0.6 is 0 Å². The topological polar surface area (TPSA) is 59.3 Å². The molecule has 7 nitrogen and oxygen atoms in total. The third-order valence-electron chi connectivity index (χ3n) is 6.71. The van der Waals surface area contributed by atoms with Crippen molar-refractivity contribution in [2.24, 2.45) is 0 Å². The van der Waals surface area contributed by atoms with E-state index in [1.54, 1.807) is 6.07 Å². The molecule has 2 aliphatic rings. The number of aromatic nitrogens is 4. The van der Waals surface area contributed by atoms with Gasteiger partial charge >= 0.3 is 0 Å². The zero-order valence-electron chi connectivity index (χ0n) is 19.8. The molecule has 0 amide bonds. The summed E-state index contributed by atoms with van der Waals surface area (Å²) in [5.41, 5.74) is 1.89. The zero-order chi connectivity index (χ0) is 23.8. The maximum atomic E-state index is 14.9. The number of anilines is 1. The number of benzene rings is 1. The maximum absolute atomic E-state index is 14.9. The Labute approximate surface area is 198 Å². The first-order chi connectivity index (χ1) is 16.4. The van der Waals surface area contributed by atoms with Crippen molar-refractivity contribution in [3.63, 3.8) is 0 Å². The summed E-state index contributed by atoms with van der Waals surface area (Å²) < 4.78 is 37.4. The van der Waals surface area contributed by atoms with Gasteiger partial charge in [0.05, 0.1) is 36.9 Å². The Balaban J connectivity index is 1.41. The Bertz CT molecular complexity index is 1170. The number of fused-ring (bicyclic) bond motifs is 1. The smallest absolute Gasteiger partial charge is 0.178 e. The van der Waals surface area contributed by atoms with Crippen molar-refractivity contribution in [2.45, 2.75) is 45.2 Å². The van der Waals surface area contributed by atoms with Crippen LogP contribution in [0.2, 0.25) is 0 Å². The van der Waals surface area contributed by atoms with E-state index in [1.807, 2.05) is 26.4 Å². The second-order valence-electron chi connectivity index (χ2n) is 9.45. The van der Waals surface area contributed by atoms with Crippen molar-refractivity contribution in [1.29, 1.82) is 0 Å². The van der Waals surface area contributed by atoms with Gasteiger partial charge in [-0.05, 0) is 59.0 Å². The lowest BCUT2D eigenvalue weighted by Gasteiger charge is -2.34. The van der Waals surface area contributed by atoms with Gasteiger partial charge in [-0.3, -0.25) is 0 Å². The van der Waals surface area contributed by atoms with Crippen molar-refractivity contribution < 1.29 is 13.5 Å². The molecule has 5 rings (SSSR count). The van der Waals surface area contributed by atoms with Crippen LogP contribution in [-0.4, -0.2) is 63.7 Å². The van der Waals surface area contributed by atoms with E-state index in [1.165, 1.54) is 6.07 Å². The minimum Gasteiger partial charge on any atom is -0.486 e. The van der Waals surface area contributed by atoms with Gasteiger partial charge in [0.1, 0.15) is 18.1 Å². The van der Waals surface area contributed by atoms with E-state index < -0.39 is 11.6 Å². The fourth-order valence-electron chi connectivity index (χ4n) is 4.79. The second kappa shape index (κ2) is 9.29. The van der Waals surface area contributed by atoms with E-state index in [-0.39, 0.29) is 17.5 Å². The van der Waals surface area contributed by atoms with Crippen LogP contribution in [0.3, 0.4) is 0 Å². The SMILES string of the molecule is CC(C)N1CCOc2c(F)cc(-c3nc(Cc4cn(C5CCN(C)CC5)cn4)ncc3F)cc21. The third-order valence-corrected chi connectivity index (χ3v) is 6.71. The van der Waals surface area contributed by atoms with E-state index in [9.17, 15) is 8.78 Å². The predicted molar refractivity (Wildman–Crippen MR) is 126 cm³/mol. The average Bonchev–Trinajstić information content (AvgIpc) is 3.28. The molecule has 3 aromatic rings. The average molecular weight is 469 g/mol. The number of hydrogen-bond donors (Lipinski definition) is 0. The van der Waals surface area contributed by atoms with Crippen molar-refractivity contribution >= 4 is 5.69 Å². The molecule has 2 aliphatic heterocycles. The van der Waals surface area contributed by atoms with Crippen LogP contribution in [0.5, 0.6) is 5.75 Å². The summed E-state index contributed by atoms with van der Waals surface area (Å²) in [6.07, 6.45) is 7.59. The number of halogens is 2.